The smallest absolute Gasteiger partial charge is 0.304 e. The monoisotopic (exact) mass is 379 g/mol. The summed E-state index contributed by atoms with van der Waals surface area (Å²) in [6.45, 7) is 1.72. The number of hydrogen-bond acceptors (Lipinski definition) is 3. The van der Waals surface area contributed by atoms with Crippen LogP contribution in [-0.4, -0.2) is 40.9 Å². The molecule has 1 heterocycles. The molecule has 2 rings (SSSR count). The molecule has 1 fully saturated rings. The van der Waals surface area contributed by atoms with Gasteiger partial charge in [-0.3, -0.25) is 9.69 Å². The number of halogens is 2. The summed E-state index contributed by atoms with van der Waals surface area (Å²) in [5, 5.41) is 8.76. The first kappa shape index (κ1) is 17.8. The van der Waals surface area contributed by atoms with Crippen molar-refractivity contribution >= 4 is 46.1 Å². The normalized spacial score (nSPS) is 18.8. The van der Waals surface area contributed by atoms with Crippen LogP contribution in [-0.2, 0) is 4.79 Å². The molecule has 0 radical (unpaired) electrons. The van der Waals surface area contributed by atoms with Gasteiger partial charge in [-0.1, -0.05) is 15.9 Å². The van der Waals surface area contributed by atoms with Crippen molar-refractivity contribution in [1.29, 1.82) is 0 Å². The maximum absolute atomic E-state index is 10.6. The van der Waals surface area contributed by atoms with Crippen LogP contribution in [0.25, 0.3) is 0 Å². The minimum absolute atomic E-state index is 0. The Labute approximate surface area is 138 Å². The summed E-state index contributed by atoms with van der Waals surface area (Å²) >= 11 is 5.29. The molecule has 6 heteroatoms. The van der Waals surface area contributed by atoms with Crippen LogP contribution in [0.1, 0.15) is 19.3 Å². The molecular weight excluding hydrogens is 362 g/mol. The number of likely N-dealkylation sites (tertiary alicyclic amines) is 1. The molecule has 1 N–H and O–H groups in total. The number of rotatable bonds is 6. The van der Waals surface area contributed by atoms with Gasteiger partial charge in [0.15, 0.2) is 0 Å². The average Bonchev–Trinajstić information content (AvgIpc) is 2.83. The third-order valence-corrected chi connectivity index (χ3v) is 5.05. The van der Waals surface area contributed by atoms with Gasteiger partial charge < -0.3 is 5.11 Å². The Hall–Kier alpha value is -0.230. The Balaban J connectivity index is 0.00000200. The van der Waals surface area contributed by atoms with Crippen LogP contribution in [0, 0.1) is 0 Å². The minimum atomic E-state index is -0.703. The Kier molecular flexibility index (Phi) is 7.95. The predicted octanol–water partition coefficient (Wildman–Crippen LogP) is 3.90. The highest BCUT2D eigenvalue weighted by atomic mass is 79.9. The van der Waals surface area contributed by atoms with Crippen molar-refractivity contribution in [2.24, 2.45) is 0 Å². The molecule has 1 unspecified atom stereocenters. The molecule has 1 saturated heterocycles. The molecule has 1 atom stereocenters. The van der Waals surface area contributed by atoms with E-state index < -0.39 is 5.97 Å². The lowest BCUT2D eigenvalue weighted by molar-refractivity contribution is -0.137. The second kappa shape index (κ2) is 8.93. The molecule has 20 heavy (non-hydrogen) atoms. The lowest BCUT2D eigenvalue weighted by Gasteiger charge is -2.23. The van der Waals surface area contributed by atoms with E-state index in [1.54, 1.807) is 0 Å². The first-order valence-corrected chi connectivity index (χ1v) is 8.27. The first-order valence-electron chi connectivity index (χ1n) is 6.49. The third-order valence-electron chi connectivity index (χ3n) is 3.37. The van der Waals surface area contributed by atoms with Crippen LogP contribution >= 0.6 is 40.1 Å². The van der Waals surface area contributed by atoms with Gasteiger partial charge in [-0.05, 0) is 43.7 Å². The fourth-order valence-corrected chi connectivity index (χ4v) is 3.70. The van der Waals surface area contributed by atoms with Gasteiger partial charge in [0.2, 0.25) is 0 Å². The predicted molar refractivity (Wildman–Crippen MR) is 89.0 cm³/mol. The number of carbonyl (C=O) groups is 1. The van der Waals surface area contributed by atoms with Crippen LogP contribution in [0.4, 0.5) is 0 Å². The van der Waals surface area contributed by atoms with Crippen molar-refractivity contribution in [3.05, 3.63) is 28.7 Å². The van der Waals surface area contributed by atoms with Gasteiger partial charge in [-0.25, -0.2) is 0 Å². The van der Waals surface area contributed by atoms with Gasteiger partial charge in [-0.15, -0.1) is 24.2 Å². The highest BCUT2D eigenvalue weighted by Gasteiger charge is 2.24. The summed E-state index contributed by atoms with van der Waals surface area (Å²) in [4.78, 5) is 14.2. The van der Waals surface area contributed by atoms with Crippen LogP contribution in [0.15, 0.2) is 33.6 Å². The summed E-state index contributed by atoms with van der Waals surface area (Å²) in [5.41, 5.74) is 0. The zero-order valence-corrected chi connectivity index (χ0v) is 14.3. The summed E-state index contributed by atoms with van der Waals surface area (Å²) < 4.78 is 1.10. The largest absolute Gasteiger partial charge is 0.481 e. The zero-order valence-electron chi connectivity index (χ0n) is 11.1. The molecule has 1 aromatic rings. The first-order chi connectivity index (χ1) is 9.15. The fraction of sp³-hybridized carbons (Fsp3) is 0.500. The number of nitrogens with zero attached hydrogens (tertiary/aromatic N) is 1. The Bertz CT molecular complexity index is 430. The molecule has 3 nitrogen and oxygen atoms in total. The molecule has 1 aliphatic heterocycles. The van der Waals surface area contributed by atoms with Gasteiger partial charge in [0.25, 0.3) is 0 Å². The molecule has 0 aliphatic carbocycles. The number of carboxylic acid groups (broad SMARTS) is 1. The molecule has 0 saturated carbocycles. The molecule has 0 amide bonds. The van der Waals surface area contributed by atoms with Crippen molar-refractivity contribution in [3.8, 4) is 0 Å². The molecule has 0 spiro atoms. The van der Waals surface area contributed by atoms with Gasteiger partial charge in [0, 0.05) is 27.7 Å². The van der Waals surface area contributed by atoms with E-state index in [4.69, 9.17) is 5.11 Å². The fourth-order valence-electron chi connectivity index (χ4n) is 2.34. The second-order valence-electron chi connectivity index (χ2n) is 4.74. The molecule has 1 aliphatic rings. The molecule has 0 bridgehead atoms. The molecular formula is C14H19BrClNO2S. The molecule has 0 aromatic heterocycles. The van der Waals surface area contributed by atoms with Gasteiger partial charge in [0.1, 0.15) is 0 Å². The third kappa shape index (κ3) is 5.64. The van der Waals surface area contributed by atoms with Crippen molar-refractivity contribution in [2.45, 2.75) is 30.2 Å². The summed E-state index contributed by atoms with van der Waals surface area (Å²) in [6, 6.07) is 8.86. The Morgan fingerprint density at radius 2 is 2.10 bits per heavy atom. The van der Waals surface area contributed by atoms with E-state index in [-0.39, 0.29) is 18.8 Å². The van der Waals surface area contributed by atoms with Crippen molar-refractivity contribution in [2.75, 3.05) is 18.8 Å². The summed E-state index contributed by atoms with van der Waals surface area (Å²) in [6.07, 6.45) is 2.62. The number of carboxylic acids is 1. The van der Waals surface area contributed by atoms with Crippen molar-refractivity contribution in [3.63, 3.8) is 0 Å². The lowest BCUT2D eigenvalue weighted by atomic mass is 10.2. The lowest BCUT2D eigenvalue weighted by Crippen LogP contribution is -2.33. The summed E-state index contributed by atoms with van der Waals surface area (Å²) in [7, 11) is 0. The molecule has 1 aromatic carbocycles. The maximum Gasteiger partial charge on any atom is 0.304 e. The second-order valence-corrected chi connectivity index (χ2v) is 6.75. The zero-order chi connectivity index (χ0) is 13.7. The average molecular weight is 381 g/mol. The molecule has 112 valence electrons. The number of hydrogen-bond donors (Lipinski definition) is 1. The summed E-state index contributed by atoms with van der Waals surface area (Å²) in [5.74, 6) is 0.340. The minimum Gasteiger partial charge on any atom is -0.481 e. The van der Waals surface area contributed by atoms with E-state index in [0.29, 0.717) is 12.6 Å². The van der Waals surface area contributed by atoms with E-state index >= 15 is 0 Å². The van der Waals surface area contributed by atoms with Crippen molar-refractivity contribution < 1.29 is 9.90 Å². The standard InChI is InChI=1S/C14H18BrNO2S.ClH/c15-11-3-5-13(6-4-11)19-10-12-2-1-8-16(12)9-7-14(17)18;/h3-6,12H,1-2,7-10H2,(H,17,18);1H. The number of aliphatic carboxylic acids is 1. The Morgan fingerprint density at radius 1 is 1.40 bits per heavy atom. The van der Waals surface area contributed by atoms with E-state index in [1.807, 2.05) is 11.8 Å². The van der Waals surface area contributed by atoms with E-state index in [0.717, 1.165) is 16.8 Å². The van der Waals surface area contributed by atoms with Crippen LogP contribution in [0.5, 0.6) is 0 Å². The van der Waals surface area contributed by atoms with Crippen LogP contribution in [0.3, 0.4) is 0 Å². The van der Waals surface area contributed by atoms with E-state index in [2.05, 4.69) is 45.1 Å². The van der Waals surface area contributed by atoms with Crippen LogP contribution < -0.4 is 0 Å². The van der Waals surface area contributed by atoms with E-state index in [9.17, 15) is 4.79 Å². The van der Waals surface area contributed by atoms with Crippen LogP contribution in [0.2, 0.25) is 0 Å². The number of thioether (sulfide) groups is 1. The van der Waals surface area contributed by atoms with Crippen molar-refractivity contribution in [1.82, 2.24) is 4.90 Å². The quantitative estimate of drug-likeness (QED) is 0.760. The highest BCUT2D eigenvalue weighted by Crippen LogP contribution is 2.26. The van der Waals surface area contributed by atoms with E-state index in [1.165, 1.54) is 17.7 Å². The van der Waals surface area contributed by atoms with Gasteiger partial charge >= 0.3 is 5.97 Å². The number of benzene rings is 1. The SMILES string of the molecule is Cl.O=C(O)CCN1CCCC1CSc1ccc(Br)cc1. The van der Waals surface area contributed by atoms with Gasteiger partial charge in [0.05, 0.1) is 6.42 Å². The topological polar surface area (TPSA) is 40.5 Å². The highest BCUT2D eigenvalue weighted by molar-refractivity contribution is 9.10. The maximum atomic E-state index is 10.6. The van der Waals surface area contributed by atoms with Gasteiger partial charge in [-0.2, -0.15) is 0 Å². The Morgan fingerprint density at radius 3 is 2.75 bits per heavy atom.